The van der Waals surface area contributed by atoms with Gasteiger partial charge in [0.05, 0.1) is 16.0 Å². The summed E-state index contributed by atoms with van der Waals surface area (Å²) in [6.45, 7) is 2.76. The number of nitrogens with one attached hydrogen (secondary N) is 1. The number of alkyl carbamates (subject to hydrolysis) is 1. The number of hydrogen-bond acceptors (Lipinski definition) is 7. The van der Waals surface area contributed by atoms with Crippen LogP contribution in [0.5, 0.6) is 0 Å². The molecule has 0 radical (unpaired) electrons. The third-order valence-electron chi connectivity index (χ3n) is 4.57. The fraction of sp³-hybridized carbons (Fsp3) is 0.444. The van der Waals surface area contributed by atoms with Crippen molar-refractivity contribution in [3.8, 4) is 0 Å². The number of amides is 2. The number of pyridine rings is 1. The number of fused-ring (bicyclic) bond motifs is 1. The van der Waals surface area contributed by atoms with Crippen LogP contribution in [-0.2, 0) is 14.3 Å². The zero-order valence-electron chi connectivity index (χ0n) is 15.0. The Kier molecular flexibility index (Phi) is 5.81. The van der Waals surface area contributed by atoms with E-state index in [1.54, 1.807) is 23.2 Å². The molecule has 2 unspecified atom stereocenters. The molecule has 3 atom stereocenters. The number of ether oxygens (including phenoxy) is 1. The highest BCUT2D eigenvalue weighted by molar-refractivity contribution is 8.02. The van der Waals surface area contributed by atoms with Gasteiger partial charge >= 0.3 is 6.09 Å². The van der Waals surface area contributed by atoms with Gasteiger partial charge in [0.25, 0.3) is 5.91 Å². The van der Waals surface area contributed by atoms with Crippen LogP contribution >= 0.6 is 11.8 Å². The average Bonchev–Trinajstić information content (AvgIpc) is 2.95. The maximum absolute atomic E-state index is 12.5. The van der Waals surface area contributed by atoms with E-state index in [-0.39, 0.29) is 17.9 Å². The van der Waals surface area contributed by atoms with E-state index in [1.807, 2.05) is 19.1 Å². The molecule has 0 bridgehead atoms. The molecule has 2 saturated heterocycles. The van der Waals surface area contributed by atoms with Gasteiger partial charge in [-0.3, -0.25) is 9.78 Å². The number of aldehydes is 1. The highest BCUT2D eigenvalue weighted by Crippen LogP contribution is 2.53. The Balaban J connectivity index is 1.68. The summed E-state index contributed by atoms with van der Waals surface area (Å²) in [7, 11) is 0. The van der Waals surface area contributed by atoms with Crippen molar-refractivity contribution < 1.29 is 19.1 Å². The van der Waals surface area contributed by atoms with Gasteiger partial charge in [0.15, 0.2) is 0 Å². The van der Waals surface area contributed by atoms with Crippen LogP contribution in [0, 0.1) is 0 Å². The minimum absolute atomic E-state index is 0.0205. The van der Waals surface area contributed by atoms with Crippen LogP contribution in [0.3, 0.4) is 0 Å². The fourth-order valence-corrected chi connectivity index (χ4v) is 4.67. The Morgan fingerprint density at radius 3 is 3.00 bits per heavy atom. The van der Waals surface area contributed by atoms with Gasteiger partial charge in [0.1, 0.15) is 24.3 Å². The lowest BCUT2D eigenvalue weighted by Crippen LogP contribution is -2.57. The number of nitrogens with two attached hydrogens (primary N) is 1. The molecule has 0 aliphatic carbocycles. The molecule has 0 aromatic carbocycles. The van der Waals surface area contributed by atoms with Crippen molar-refractivity contribution in [2.75, 3.05) is 19.7 Å². The largest absolute Gasteiger partial charge is 0.448 e. The van der Waals surface area contributed by atoms with Gasteiger partial charge in [-0.05, 0) is 38.1 Å². The molecular weight excluding hydrogens is 368 g/mol. The van der Waals surface area contributed by atoms with E-state index in [4.69, 9.17) is 10.5 Å². The molecule has 1 aromatic rings. The van der Waals surface area contributed by atoms with Crippen molar-refractivity contribution in [3.05, 3.63) is 35.7 Å². The number of nitrogens with zero attached hydrogens (tertiary/aromatic N) is 2. The Morgan fingerprint density at radius 2 is 2.33 bits per heavy atom. The number of thioether (sulfide) groups is 1. The molecule has 2 aliphatic rings. The minimum Gasteiger partial charge on any atom is -0.448 e. The van der Waals surface area contributed by atoms with Crippen LogP contribution in [0.1, 0.15) is 19.0 Å². The number of hydrogen-bond donors (Lipinski definition) is 2. The first kappa shape index (κ1) is 19.4. The van der Waals surface area contributed by atoms with Crippen LogP contribution in [0.2, 0.25) is 0 Å². The Labute approximate surface area is 161 Å². The highest BCUT2D eigenvalue weighted by Gasteiger charge is 2.60. The third-order valence-corrected chi connectivity index (χ3v) is 6.17. The van der Waals surface area contributed by atoms with Gasteiger partial charge in [0.2, 0.25) is 0 Å². The molecule has 9 heteroatoms. The van der Waals surface area contributed by atoms with E-state index in [1.165, 1.54) is 11.8 Å². The van der Waals surface area contributed by atoms with E-state index in [2.05, 4.69) is 10.3 Å². The topological polar surface area (TPSA) is 115 Å². The summed E-state index contributed by atoms with van der Waals surface area (Å²) in [5.41, 5.74) is 6.67. The van der Waals surface area contributed by atoms with Gasteiger partial charge in [-0.2, -0.15) is 0 Å². The first-order valence-electron chi connectivity index (χ1n) is 8.69. The van der Waals surface area contributed by atoms with Crippen LogP contribution in [0.15, 0.2) is 30.0 Å². The molecule has 27 heavy (non-hydrogen) atoms. The molecule has 2 amide bonds. The lowest BCUT2D eigenvalue weighted by molar-refractivity contribution is -0.139. The second kappa shape index (κ2) is 8.10. The highest BCUT2D eigenvalue weighted by atomic mass is 32.2. The van der Waals surface area contributed by atoms with Crippen LogP contribution < -0.4 is 11.1 Å². The van der Waals surface area contributed by atoms with Gasteiger partial charge in [-0.25, -0.2) is 4.79 Å². The quantitative estimate of drug-likeness (QED) is 0.306. The van der Waals surface area contributed by atoms with Gasteiger partial charge < -0.3 is 25.5 Å². The molecule has 0 saturated carbocycles. The van der Waals surface area contributed by atoms with Crippen molar-refractivity contribution in [2.45, 2.75) is 29.5 Å². The summed E-state index contributed by atoms with van der Waals surface area (Å²) in [5, 5.41) is 2.36. The van der Waals surface area contributed by atoms with Crippen LogP contribution in [0.4, 0.5) is 4.79 Å². The predicted octanol–water partition coefficient (Wildman–Crippen LogP) is 0.781. The lowest BCUT2D eigenvalue weighted by Gasteiger charge is -2.38. The molecule has 3 heterocycles. The molecule has 1 aromatic heterocycles. The number of β-lactam (4-membered cyclic amide) rings is 1. The fourth-order valence-electron chi connectivity index (χ4n) is 3.09. The summed E-state index contributed by atoms with van der Waals surface area (Å²) >= 11 is 1.45. The molecule has 144 valence electrons. The Hall–Kier alpha value is -2.39. The van der Waals surface area contributed by atoms with E-state index in [9.17, 15) is 14.4 Å². The molecule has 2 aliphatic heterocycles. The van der Waals surface area contributed by atoms with Crippen LogP contribution in [0.25, 0.3) is 6.08 Å². The van der Waals surface area contributed by atoms with Crippen molar-refractivity contribution in [1.82, 2.24) is 15.2 Å². The molecule has 3 rings (SSSR count). The monoisotopic (exact) mass is 390 g/mol. The van der Waals surface area contributed by atoms with Gasteiger partial charge in [-0.15, -0.1) is 11.8 Å². The zero-order chi connectivity index (χ0) is 19.4. The maximum atomic E-state index is 12.5. The summed E-state index contributed by atoms with van der Waals surface area (Å²) in [5.74, 6) is -0.189. The second-order valence-corrected chi connectivity index (χ2v) is 8.19. The molecule has 0 spiro atoms. The van der Waals surface area contributed by atoms with E-state index >= 15 is 0 Å². The number of aromatic nitrogens is 1. The summed E-state index contributed by atoms with van der Waals surface area (Å²) in [4.78, 5) is 41.8. The van der Waals surface area contributed by atoms with Gasteiger partial charge in [0, 0.05) is 12.7 Å². The third kappa shape index (κ3) is 3.84. The standard InChI is InChI=1S/C18H22N4O4S/c1-18(11-26-17(25)21-8-4-6-19)14(10-23)22-15(24)13(16(22)27-18)9-12-5-2-3-7-20-12/h2-3,5,7,9-10,14,16H,4,6,8,11,19H2,1H3,(H,21,25)/b13-9-/t14-,16?,18?/m0/s1. The summed E-state index contributed by atoms with van der Waals surface area (Å²) in [6, 6.07) is 4.81. The van der Waals surface area contributed by atoms with E-state index in [0.717, 1.165) is 6.29 Å². The lowest BCUT2D eigenvalue weighted by atomic mass is 9.95. The SMILES string of the molecule is CC1(COC(=O)NCCCN)SC2/C(=C\c3ccccn3)C(=O)N2[C@H]1C=O. The minimum atomic E-state index is -0.715. The smallest absolute Gasteiger partial charge is 0.407 e. The number of rotatable bonds is 7. The second-order valence-electron chi connectivity index (χ2n) is 6.58. The normalized spacial score (nSPS) is 27.9. The average molecular weight is 390 g/mol. The van der Waals surface area contributed by atoms with Crippen molar-refractivity contribution in [2.24, 2.45) is 5.73 Å². The van der Waals surface area contributed by atoms with Crippen molar-refractivity contribution >= 4 is 36.1 Å². The van der Waals surface area contributed by atoms with Crippen molar-refractivity contribution in [1.29, 1.82) is 0 Å². The molecule has 8 nitrogen and oxygen atoms in total. The number of carbonyl (C=O) groups is 3. The summed E-state index contributed by atoms with van der Waals surface area (Å²) in [6.07, 6.45) is 4.25. The van der Waals surface area contributed by atoms with Gasteiger partial charge in [-0.1, -0.05) is 6.07 Å². The Morgan fingerprint density at radius 1 is 1.52 bits per heavy atom. The first-order chi connectivity index (χ1) is 13.0. The summed E-state index contributed by atoms with van der Waals surface area (Å²) < 4.78 is 4.57. The maximum Gasteiger partial charge on any atom is 0.407 e. The number of carbonyl (C=O) groups excluding carboxylic acids is 3. The molecule has 2 fully saturated rings. The van der Waals surface area contributed by atoms with E-state index < -0.39 is 16.9 Å². The molecular formula is C18H22N4O4S. The first-order valence-corrected chi connectivity index (χ1v) is 9.57. The van der Waals surface area contributed by atoms with E-state index in [0.29, 0.717) is 30.8 Å². The predicted molar refractivity (Wildman–Crippen MR) is 102 cm³/mol. The Bertz CT molecular complexity index is 757. The zero-order valence-corrected chi connectivity index (χ0v) is 15.8. The van der Waals surface area contributed by atoms with Crippen LogP contribution in [-0.4, -0.2) is 64.0 Å². The van der Waals surface area contributed by atoms with Crippen molar-refractivity contribution in [3.63, 3.8) is 0 Å². The molecule has 3 N–H and O–H groups in total.